The molecule has 100 valence electrons. The van der Waals surface area contributed by atoms with E-state index in [1.807, 2.05) is 16.5 Å². The van der Waals surface area contributed by atoms with Gasteiger partial charge in [0, 0.05) is 19.1 Å². The molecule has 0 aromatic carbocycles. The highest BCUT2D eigenvalue weighted by Gasteiger charge is 2.23. The molecule has 1 aliphatic heterocycles. The van der Waals surface area contributed by atoms with E-state index in [4.69, 9.17) is 9.47 Å². The minimum absolute atomic E-state index is 0.335. The summed E-state index contributed by atoms with van der Waals surface area (Å²) in [4.78, 5) is 16.4. The van der Waals surface area contributed by atoms with Crippen LogP contribution in [0.1, 0.15) is 35.1 Å². The lowest BCUT2D eigenvalue weighted by Crippen LogP contribution is -2.18. The molecule has 2 aromatic heterocycles. The molecule has 19 heavy (non-hydrogen) atoms. The summed E-state index contributed by atoms with van der Waals surface area (Å²) in [5.74, 6) is 0.929. The Balaban J connectivity index is 2.11. The molecule has 0 unspecified atom stereocenters. The van der Waals surface area contributed by atoms with Gasteiger partial charge in [-0.25, -0.2) is 9.78 Å². The molecule has 0 N–H and O–H groups in total. The highest BCUT2D eigenvalue weighted by Crippen LogP contribution is 2.27. The first-order valence-electron chi connectivity index (χ1n) is 6.43. The van der Waals surface area contributed by atoms with Crippen molar-refractivity contribution in [3.63, 3.8) is 0 Å². The Morgan fingerprint density at radius 1 is 1.42 bits per heavy atom. The number of hydrogen-bond donors (Lipinski definition) is 0. The van der Waals surface area contributed by atoms with Crippen LogP contribution in [-0.2, 0) is 9.47 Å². The van der Waals surface area contributed by atoms with E-state index in [9.17, 15) is 4.79 Å². The molecule has 0 radical (unpaired) electrons. The van der Waals surface area contributed by atoms with E-state index in [2.05, 4.69) is 4.98 Å². The summed E-state index contributed by atoms with van der Waals surface area (Å²) in [6.45, 7) is 1.50. The molecule has 0 atom stereocenters. The molecule has 1 aliphatic rings. The number of pyridine rings is 1. The molecular formula is C14H16N2O3. The molecule has 2 aromatic rings. The van der Waals surface area contributed by atoms with E-state index in [0.29, 0.717) is 11.6 Å². The second-order valence-electron chi connectivity index (χ2n) is 4.67. The standard InChI is InChI=1S/C14H16N2O3/c1-18-14(17)12-4-2-3-11-9-15-13(16(11)12)10-5-7-19-8-6-10/h2-4,9-10H,5-8H2,1H3. The Morgan fingerprint density at radius 2 is 2.21 bits per heavy atom. The Bertz CT molecular complexity index is 600. The number of fused-ring (bicyclic) bond motifs is 1. The molecule has 1 fully saturated rings. The van der Waals surface area contributed by atoms with Gasteiger partial charge in [-0.1, -0.05) is 6.07 Å². The molecule has 0 bridgehead atoms. The average Bonchev–Trinajstić information content (AvgIpc) is 2.91. The quantitative estimate of drug-likeness (QED) is 0.775. The van der Waals surface area contributed by atoms with E-state index in [0.717, 1.165) is 37.4 Å². The lowest BCUT2D eigenvalue weighted by atomic mass is 9.99. The van der Waals surface area contributed by atoms with Crippen molar-refractivity contribution in [2.75, 3.05) is 20.3 Å². The van der Waals surface area contributed by atoms with Gasteiger partial charge in [0.1, 0.15) is 11.5 Å². The SMILES string of the molecule is COC(=O)c1cccc2cnc(C3CCOCC3)n12. The Hall–Kier alpha value is -1.88. The zero-order valence-corrected chi connectivity index (χ0v) is 10.8. The summed E-state index contributed by atoms with van der Waals surface area (Å²) in [6.07, 6.45) is 3.68. The van der Waals surface area contributed by atoms with Crippen molar-refractivity contribution in [3.8, 4) is 0 Å². The molecule has 1 saturated heterocycles. The van der Waals surface area contributed by atoms with E-state index < -0.39 is 0 Å². The highest BCUT2D eigenvalue weighted by molar-refractivity contribution is 5.88. The van der Waals surface area contributed by atoms with Crippen molar-refractivity contribution in [1.82, 2.24) is 9.38 Å². The number of ether oxygens (including phenoxy) is 2. The monoisotopic (exact) mass is 260 g/mol. The van der Waals surface area contributed by atoms with E-state index in [-0.39, 0.29) is 5.97 Å². The smallest absolute Gasteiger partial charge is 0.355 e. The van der Waals surface area contributed by atoms with Crippen molar-refractivity contribution in [2.24, 2.45) is 0 Å². The second kappa shape index (κ2) is 5.01. The van der Waals surface area contributed by atoms with Crippen LogP contribution in [0.2, 0.25) is 0 Å². The predicted molar refractivity (Wildman–Crippen MR) is 69.3 cm³/mol. The molecule has 0 amide bonds. The molecule has 0 aliphatic carbocycles. The van der Waals surface area contributed by atoms with Crippen LogP contribution in [0.3, 0.4) is 0 Å². The van der Waals surface area contributed by atoms with Crippen LogP contribution in [0.15, 0.2) is 24.4 Å². The summed E-state index contributed by atoms with van der Waals surface area (Å²) in [5, 5.41) is 0. The van der Waals surface area contributed by atoms with Gasteiger partial charge < -0.3 is 9.47 Å². The zero-order valence-electron chi connectivity index (χ0n) is 10.8. The van der Waals surface area contributed by atoms with Gasteiger partial charge >= 0.3 is 5.97 Å². The first-order valence-corrected chi connectivity index (χ1v) is 6.43. The molecule has 3 rings (SSSR count). The fraction of sp³-hybridized carbons (Fsp3) is 0.429. The number of carbonyl (C=O) groups is 1. The Labute approximate surface area is 111 Å². The summed E-state index contributed by atoms with van der Waals surface area (Å²) < 4.78 is 12.1. The molecule has 5 heteroatoms. The number of hydrogen-bond acceptors (Lipinski definition) is 4. The molecule has 0 spiro atoms. The van der Waals surface area contributed by atoms with Crippen molar-refractivity contribution >= 4 is 11.5 Å². The van der Waals surface area contributed by atoms with Gasteiger partial charge in [-0.15, -0.1) is 0 Å². The second-order valence-corrected chi connectivity index (χ2v) is 4.67. The van der Waals surface area contributed by atoms with Crippen LogP contribution in [-0.4, -0.2) is 35.7 Å². The number of rotatable bonds is 2. The molecule has 5 nitrogen and oxygen atoms in total. The van der Waals surface area contributed by atoms with E-state index >= 15 is 0 Å². The van der Waals surface area contributed by atoms with Crippen LogP contribution >= 0.6 is 0 Å². The lowest BCUT2D eigenvalue weighted by Gasteiger charge is -2.21. The first-order chi connectivity index (χ1) is 9.31. The first kappa shape index (κ1) is 12.2. The topological polar surface area (TPSA) is 52.8 Å². The van der Waals surface area contributed by atoms with Crippen molar-refractivity contribution in [1.29, 1.82) is 0 Å². The third-order valence-corrected chi connectivity index (χ3v) is 3.56. The number of methoxy groups -OCH3 is 1. The van der Waals surface area contributed by atoms with Crippen molar-refractivity contribution in [3.05, 3.63) is 35.9 Å². The highest BCUT2D eigenvalue weighted by atomic mass is 16.5. The van der Waals surface area contributed by atoms with Crippen molar-refractivity contribution < 1.29 is 14.3 Å². The fourth-order valence-corrected chi connectivity index (χ4v) is 2.58. The van der Waals surface area contributed by atoms with Gasteiger partial charge in [0.05, 0.1) is 18.8 Å². The summed E-state index contributed by atoms with van der Waals surface area (Å²) in [5.41, 5.74) is 1.45. The zero-order chi connectivity index (χ0) is 13.2. The van der Waals surface area contributed by atoms with Crippen LogP contribution in [0, 0.1) is 0 Å². The molecule has 3 heterocycles. The summed E-state index contributed by atoms with van der Waals surface area (Å²) >= 11 is 0. The van der Waals surface area contributed by atoms with Gasteiger partial charge in [0.25, 0.3) is 0 Å². The summed E-state index contributed by atoms with van der Waals surface area (Å²) in [6, 6.07) is 5.56. The maximum atomic E-state index is 11.9. The van der Waals surface area contributed by atoms with Gasteiger partial charge in [0.2, 0.25) is 0 Å². The maximum absolute atomic E-state index is 11.9. The normalized spacial score (nSPS) is 16.7. The number of imidazole rings is 1. The minimum atomic E-state index is -0.336. The lowest BCUT2D eigenvalue weighted by molar-refractivity contribution is 0.0590. The predicted octanol–water partition coefficient (Wildman–Crippen LogP) is 2.01. The van der Waals surface area contributed by atoms with Gasteiger partial charge in [0.15, 0.2) is 0 Å². The van der Waals surface area contributed by atoms with E-state index in [1.165, 1.54) is 7.11 Å². The van der Waals surface area contributed by atoms with Crippen LogP contribution in [0.5, 0.6) is 0 Å². The van der Waals surface area contributed by atoms with E-state index in [1.54, 1.807) is 12.3 Å². The van der Waals surface area contributed by atoms with Crippen LogP contribution in [0.4, 0.5) is 0 Å². The largest absolute Gasteiger partial charge is 0.464 e. The van der Waals surface area contributed by atoms with Crippen LogP contribution < -0.4 is 0 Å². The Kier molecular flexibility index (Phi) is 3.21. The van der Waals surface area contributed by atoms with Gasteiger partial charge in [-0.3, -0.25) is 4.40 Å². The number of nitrogens with zero attached hydrogens (tertiary/aromatic N) is 2. The molecular weight excluding hydrogens is 244 g/mol. The third kappa shape index (κ3) is 2.10. The maximum Gasteiger partial charge on any atom is 0.355 e. The van der Waals surface area contributed by atoms with Crippen LogP contribution in [0.25, 0.3) is 5.52 Å². The molecule has 0 saturated carbocycles. The third-order valence-electron chi connectivity index (χ3n) is 3.56. The summed E-state index contributed by atoms with van der Waals surface area (Å²) in [7, 11) is 1.40. The fourth-order valence-electron chi connectivity index (χ4n) is 2.58. The average molecular weight is 260 g/mol. The number of aromatic nitrogens is 2. The number of carbonyl (C=O) groups excluding carboxylic acids is 1. The van der Waals surface area contributed by atoms with Gasteiger partial charge in [-0.2, -0.15) is 0 Å². The van der Waals surface area contributed by atoms with Crippen molar-refractivity contribution in [2.45, 2.75) is 18.8 Å². The Morgan fingerprint density at radius 3 is 2.95 bits per heavy atom. The minimum Gasteiger partial charge on any atom is -0.464 e. The number of esters is 1. The van der Waals surface area contributed by atoms with Gasteiger partial charge in [-0.05, 0) is 25.0 Å².